The van der Waals surface area contributed by atoms with Crippen LogP contribution in [0.3, 0.4) is 0 Å². The Balaban J connectivity index is 1.84. The van der Waals surface area contributed by atoms with Crippen molar-refractivity contribution in [3.8, 4) is 0 Å². The Labute approximate surface area is 113 Å². The van der Waals surface area contributed by atoms with Gasteiger partial charge in [0.05, 0.1) is 6.54 Å². The second-order valence-corrected chi connectivity index (χ2v) is 5.55. The van der Waals surface area contributed by atoms with Crippen LogP contribution in [-0.4, -0.2) is 18.3 Å². The van der Waals surface area contributed by atoms with Gasteiger partial charge in [-0.25, -0.2) is 4.99 Å². The van der Waals surface area contributed by atoms with Gasteiger partial charge in [-0.2, -0.15) is 0 Å². The van der Waals surface area contributed by atoms with E-state index in [1.807, 2.05) is 0 Å². The maximum atomic E-state index is 5.89. The van der Waals surface area contributed by atoms with E-state index < -0.39 is 0 Å². The molecule has 4 heteroatoms. The predicted molar refractivity (Wildman–Crippen MR) is 78.9 cm³/mol. The molecule has 0 atom stereocenters. The number of thioether (sulfide) groups is 1. The zero-order chi connectivity index (χ0) is 12.8. The first-order valence-electron chi connectivity index (χ1n) is 6.47. The van der Waals surface area contributed by atoms with Crippen molar-refractivity contribution in [3.63, 3.8) is 0 Å². The van der Waals surface area contributed by atoms with Gasteiger partial charge in [-0.15, -0.1) is 11.8 Å². The number of nitrogens with two attached hydrogens (primary N) is 1. The first-order chi connectivity index (χ1) is 8.78. The number of nitrogens with one attached hydrogen (secondary N) is 1. The highest BCUT2D eigenvalue weighted by Crippen LogP contribution is 2.17. The van der Waals surface area contributed by atoms with E-state index in [4.69, 9.17) is 5.73 Å². The van der Waals surface area contributed by atoms with Crippen molar-refractivity contribution >= 4 is 17.7 Å². The van der Waals surface area contributed by atoms with Gasteiger partial charge in [-0.05, 0) is 36.8 Å². The molecule has 0 spiro atoms. The Bertz CT molecular complexity index is 394. The molecule has 3 nitrogen and oxygen atoms in total. The normalized spacial score (nSPS) is 17.1. The molecule has 2 rings (SSSR count). The third-order valence-electron chi connectivity index (χ3n) is 3.30. The van der Waals surface area contributed by atoms with Crippen LogP contribution in [0.2, 0.25) is 0 Å². The zero-order valence-electron chi connectivity index (χ0n) is 10.9. The largest absolute Gasteiger partial charge is 0.370 e. The van der Waals surface area contributed by atoms with E-state index in [0.717, 1.165) is 0 Å². The summed E-state index contributed by atoms with van der Waals surface area (Å²) in [5, 5.41) is 3.30. The zero-order valence-corrected chi connectivity index (χ0v) is 11.7. The molecule has 0 saturated heterocycles. The molecule has 1 fully saturated rings. The number of rotatable bonds is 4. The highest BCUT2D eigenvalue weighted by Gasteiger charge is 2.14. The van der Waals surface area contributed by atoms with Gasteiger partial charge in [-0.3, -0.25) is 0 Å². The second-order valence-electron chi connectivity index (χ2n) is 4.68. The minimum Gasteiger partial charge on any atom is -0.370 e. The molecule has 1 saturated carbocycles. The average molecular weight is 263 g/mol. The quantitative estimate of drug-likeness (QED) is 0.499. The van der Waals surface area contributed by atoms with Gasteiger partial charge in [-0.1, -0.05) is 25.0 Å². The molecule has 3 N–H and O–H groups in total. The van der Waals surface area contributed by atoms with E-state index in [0.29, 0.717) is 18.5 Å². The van der Waals surface area contributed by atoms with Gasteiger partial charge in [0, 0.05) is 10.9 Å². The Morgan fingerprint density at radius 1 is 1.33 bits per heavy atom. The minimum absolute atomic E-state index is 0.535. The Morgan fingerprint density at radius 2 is 2.00 bits per heavy atom. The fourth-order valence-corrected chi connectivity index (χ4v) is 2.64. The molecule has 0 aromatic heterocycles. The van der Waals surface area contributed by atoms with E-state index >= 15 is 0 Å². The molecular formula is C14H21N3S. The van der Waals surface area contributed by atoms with Gasteiger partial charge >= 0.3 is 0 Å². The maximum absolute atomic E-state index is 5.89. The van der Waals surface area contributed by atoms with Crippen molar-refractivity contribution < 1.29 is 0 Å². The molecule has 18 heavy (non-hydrogen) atoms. The van der Waals surface area contributed by atoms with Gasteiger partial charge in [0.25, 0.3) is 0 Å². The van der Waals surface area contributed by atoms with Crippen LogP contribution in [0.5, 0.6) is 0 Å². The lowest BCUT2D eigenvalue weighted by atomic mass is 10.2. The lowest BCUT2D eigenvalue weighted by Gasteiger charge is -2.12. The van der Waals surface area contributed by atoms with Crippen LogP contribution >= 0.6 is 11.8 Å². The summed E-state index contributed by atoms with van der Waals surface area (Å²) in [5.74, 6) is 0.579. The smallest absolute Gasteiger partial charge is 0.189 e. The van der Waals surface area contributed by atoms with Gasteiger partial charge in [0.1, 0.15) is 0 Å². The lowest BCUT2D eigenvalue weighted by Crippen LogP contribution is -2.38. The van der Waals surface area contributed by atoms with Crippen LogP contribution in [0.1, 0.15) is 31.2 Å². The standard InChI is InChI=1S/C14H21N3S/c1-18-13-8-6-11(7-9-13)10-16-14(15)17-12-4-2-3-5-12/h6-9,12H,2-5,10H2,1H3,(H3,15,16,17). The van der Waals surface area contributed by atoms with Gasteiger partial charge in [0.15, 0.2) is 5.96 Å². The SMILES string of the molecule is CSc1ccc(CN=C(N)NC2CCCC2)cc1. The van der Waals surface area contributed by atoms with Crippen molar-refractivity contribution in [2.75, 3.05) is 6.26 Å². The maximum Gasteiger partial charge on any atom is 0.189 e. The summed E-state index contributed by atoms with van der Waals surface area (Å²) in [6.45, 7) is 0.653. The van der Waals surface area contributed by atoms with E-state index in [9.17, 15) is 0 Å². The summed E-state index contributed by atoms with van der Waals surface area (Å²) in [7, 11) is 0. The number of aliphatic imine (C=N–C) groups is 1. The Hall–Kier alpha value is -1.16. The molecule has 0 aliphatic heterocycles. The molecule has 0 heterocycles. The first kappa shape index (κ1) is 13.3. The van der Waals surface area contributed by atoms with Crippen LogP contribution in [0.4, 0.5) is 0 Å². The van der Waals surface area contributed by atoms with Gasteiger partial charge in [0.2, 0.25) is 0 Å². The van der Waals surface area contributed by atoms with E-state index in [2.05, 4.69) is 40.8 Å². The number of hydrogen-bond acceptors (Lipinski definition) is 2. The fraction of sp³-hybridized carbons (Fsp3) is 0.500. The minimum atomic E-state index is 0.535. The van der Waals surface area contributed by atoms with Crippen LogP contribution < -0.4 is 11.1 Å². The predicted octanol–water partition coefficient (Wildman–Crippen LogP) is 2.76. The molecule has 1 aromatic carbocycles. The van der Waals surface area contributed by atoms with Crippen LogP contribution in [0.25, 0.3) is 0 Å². The van der Waals surface area contributed by atoms with Crippen molar-refractivity contribution in [2.24, 2.45) is 10.7 Å². The van der Waals surface area contributed by atoms with Gasteiger partial charge < -0.3 is 11.1 Å². The van der Waals surface area contributed by atoms with E-state index in [1.165, 1.54) is 36.1 Å². The second kappa shape index (κ2) is 6.69. The van der Waals surface area contributed by atoms with Crippen LogP contribution in [-0.2, 0) is 6.54 Å². The summed E-state index contributed by atoms with van der Waals surface area (Å²) in [6, 6.07) is 9.00. The molecule has 0 unspecified atom stereocenters. The van der Waals surface area contributed by atoms with Crippen molar-refractivity contribution in [1.82, 2.24) is 5.32 Å². The molecule has 1 aromatic rings. The average Bonchev–Trinajstić information content (AvgIpc) is 2.90. The molecule has 0 radical (unpaired) electrons. The lowest BCUT2D eigenvalue weighted by molar-refractivity contribution is 0.625. The van der Waals surface area contributed by atoms with Crippen molar-refractivity contribution in [2.45, 2.75) is 43.2 Å². The fourth-order valence-electron chi connectivity index (χ4n) is 2.23. The summed E-state index contributed by atoms with van der Waals surface area (Å²) in [4.78, 5) is 5.67. The number of guanidine groups is 1. The third-order valence-corrected chi connectivity index (χ3v) is 4.04. The number of nitrogens with zero attached hydrogens (tertiary/aromatic N) is 1. The highest BCUT2D eigenvalue weighted by atomic mass is 32.2. The summed E-state index contributed by atoms with van der Waals surface area (Å²) in [5.41, 5.74) is 7.09. The molecule has 1 aliphatic carbocycles. The van der Waals surface area contributed by atoms with E-state index in [1.54, 1.807) is 11.8 Å². The third kappa shape index (κ3) is 3.95. The number of benzene rings is 1. The highest BCUT2D eigenvalue weighted by molar-refractivity contribution is 7.98. The first-order valence-corrected chi connectivity index (χ1v) is 7.70. The van der Waals surface area contributed by atoms with Crippen LogP contribution in [0, 0.1) is 0 Å². The summed E-state index contributed by atoms with van der Waals surface area (Å²) >= 11 is 1.75. The van der Waals surface area contributed by atoms with Crippen molar-refractivity contribution in [3.05, 3.63) is 29.8 Å². The molecule has 0 bridgehead atoms. The Kier molecular flexibility index (Phi) is 4.93. The summed E-state index contributed by atoms with van der Waals surface area (Å²) in [6.07, 6.45) is 7.14. The van der Waals surface area contributed by atoms with Crippen LogP contribution in [0.15, 0.2) is 34.2 Å². The summed E-state index contributed by atoms with van der Waals surface area (Å²) < 4.78 is 0. The molecule has 98 valence electrons. The molecule has 0 amide bonds. The monoisotopic (exact) mass is 263 g/mol. The topological polar surface area (TPSA) is 50.4 Å². The Morgan fingerprint density at radius 3 is 2.61 bits per heavy atom. The number of hydrogen-bond donors (Lipinski definition) is 2. The molecular weight excluding hydrogens is 242 g/mol. The molecule has 1 aliphatic rings. The van der Waals surface area contributed by atoms with Crippen molar-refractivity contribution in [1.29, 1.82) is 0 Å². The van der Waals surface area contributed by atoms with E-state index in [-0.39, 0.29) is 0 Å².